The van der Waals surface area contributed by atoms with Crippen LogP contribution in [0.1, 0.15) is 25.7 Å². The number of carbonyl (C=O) groups is 2. The summed E-state index contributed by atoms with van der Waals surface area (Å²) in [6, 6.07) is 0. The van der Waals surface area contributed by atoms with Crippen LogP contribution >= 0.6 is 0 Å². The van der Waals surface area contributed by atoms with Crippen molar-refractivity contribution in [2.75, 3.05) is 0 Å². The Labute approximate surface area is 106 Å². The fourth-order valence-corrected chi connectivity index (χ4v) is 5.90. The summed E-state index contributed by atoms with van der Waals surface area (Å²) in [5.41, 5.74) is 3.29. The van der Waals surface area contributed by atoms with Crippen LogP contribution in [0, 0.1) is 35.5 Å². The highest BCUT2D eigenvalue weighted by Crippen LogP contribution is 2.67. The smallest absolute Gasteiger partial charge is 0.160 e. The molecule has 2 nitrogen and oxygen atoms in total. The van der Waals surface area contributed by atoms with Gasteiger partial charge in [-0.2, -0.15) is 0 Å². The lowest BCUT2D eigenvalue weighted by molar-refractivity contribution is -0.129. The summed E-state index contributed by atoms with van der Waals surface area (Å²) >= 11 is 0. The van der Waals surface area contributed by atoms with Crippen LogP contribution in [0.3, 0.4) is 0 Å². The highest BCUT2D eigenvalue weighted by Gasteiger charge is 2.62. The van der Waals surface area contributed by atoms with Crippen molar-refractivity contribution >= 4 is 11.6 Å². The summed E-state index contributed by atoms with van der Waals surface area (Å²) in [6.45, 7) is 0. The van der Waals surface area contributed by atoms with Gasteiger partial charge in [-0.25, -0.2) is 0 Å². The van der Waals surface area contributed by atoms with E-state index in [0.717, 1.165) is 18.3 Å². The Kier molecular flexibility index (Phi) is 1.55. The molecule has 18 heavy (non-hydrogen) atoms. The zero-order valence-electron chi connectivity index (χ0n) is 10.3. The molecule has 92 valence electrons. The maximum atomic E-state index is 12.1. The largest absolute Gasteiger partial charge is 0.294 e. The molecular weight excluding hydrogens is 224 g/mol. The van der Waals surface area contributed by atoms with Gasteiger partial charge in [-0.05, 0) is 61.5 Å². The Morgan fingerprint density at radius 2 is 1.28 bits per heavy atom. The summed E-state index contributed by atoms with van der Waals surface area (Å²) in [4.78, 5) is 24.3. The quantitative estimate of drug-likeness (QED) is 0.481. The molecule has 0 aliphatic heterocycles. The third-order valence-electron chi connectivity index (χ3n) is 6.28. The van der Waals surface area contributed by atoms with Gasteiger partial charge in [-0.15, -0.1) is 0 Å². The molecule has 2 fully saturated rings. The van der Waals surface area contributed by atoms with E-state index < -0.39 is 0 Å². The Morgan fingerprint density at radius 1 is 0.778 bits per heavy atom. The van der Waals surface area contributed by atoms with Crippen LogP contribution in [-0.4, -0.2) is 11.6 Å². The first kappa shape index (κ1) is 9.71. The number of hydrogen-bond donors (Lipinski definition) is 0. The van der Waals surface area contributed by atoms with E-state index in [1.807, 2.05) is 0 Å². The summed E-state index contributed by atoms with van der Waals surface area (Å²) in [6.07, 6.45) is 8.18. The summed E-state index contributed by atoms with van der Waals surface area (Å²) in [7, 11) is 0. The Bertz CT molecular complexity index is 507. The fraction of sp³-hybridized carbons (Fsp3) is 0.625. The van der Waals surface area contributed by atoms with Gasteiger partial charge < -0.3 is 0 Å². The van der Waals surface area contributed by atoms with Crippen molar-refractivity contribution in [1.82, 2.24) is 0 Å². The highest BCUT2D eigenvalue weighted by atomic mass is 16.1. The lowest BCUT2D eigenvalue weighted by atomic mass is 9.67. The molecule has 0 aromatic rings. The zero-order valence-corrected chi connectivity index (χ0v) is 10.3. The lowest BCUT2D eigenvalue weighted by Crippen LogP contribution is -2.38. The fourth-order valence-electron chi connectivity index (χ4n) is 5.90. The molecule has 0 amide bonds. The van der Waals surface area contributed by atoms with Crippen molar-refractivity contribution < 1.29 is 9.59 Å². The standard InChI is InChI=1S/C16H16O2/c17-11-3-4-12(18)16-10-6-9(15(11)16)13-7-1-2-8(5-7)14(10)13/h3-4,7-10,15-16H,1-2,5-6H2/t7-,8-,9-,10-,15+,16+/m0/s1. The molecule has 0 unspecified atom stereocenters. The number of allylic oxidation sites excluding steroid dienone is 4. The molecule has 2 heteroatoms. The van der Waals surface area contributed by atoms with Crippen LogP contribution in [0.2, 0.25) is 0 Å². The van der Waals surface area contributed by atoms with Crippen molar-refractivity contribution in [2.24, 2.45) is 35.5 Å². The Hall–Kier alpha value is -1.18. The molecule has 0 aromatic carbocycles. The first-order chi connectivity index (χ1) is 8.75. The zero-order chi connectivity index (χ0) is 12.0. The number of hydrogen-bond acceptors (Lipinski definition) is 2. The monoisotopic (exact) mass is 240 g/mol. The predicted molar refractivity (Wildman–Crippen MR) is 65.6 cm³/mol. The second-order valence-corrected chi connectivity index (χ2v) is 6.76. The van der Waals surface area contributed by atoms with Crippen LogP contribution in [0.15, 0.2) is 23.3 Å². The molecule has 0 N–H and O–H groups in total. The average molecular weight is 240 g/mol. The molecule has 5 aliphatic rings. The molecule has 0 saturated heterocycles. The van der Waals surface area contributed by atoms with E-state index in [-0.39, 0.29) is 23.4 Å². The van der Waals surface area contributed by atoms with E-state index in [2.05, 4.69) is 0 Å². The number of rotatable bonds is 0. The SMILES string of the molecule is O=C1C=CC(=O)[C@@H]2[C@@H]1[C@H]1C[C@H]2C2=C1[C@H]1CC[C@H]2C1. The van der Waals surface area contributed by atoms with E-state index in [1.165, 1.54) is 31.4 Å². The molecule has 0 heterocycles. The normalized spacial score (nSPS) is 51.3. The molecule has 0 radical (unpaired) electrons. The van der Waals surface area contributed by atoms with Crippen LogP contribution in [0.25, 0.3) is 0 Å². The molecular formula is C16H16O2. The van der Waals surface area contributed by atoms with Gasteiger partial charge in [0.25, 0.3) is 0 Å². The molecule has 0 spiro atoms. The van der Waals surface area contributed by atoms with E-state index in [0.29, 0.717) is 11.8 Å². The van der Waals surface area contributed by atoms with E-state index >= 15 is 0 Å². The van der Waals surface area contributed by atoms with Crippen molar-refractivity contribution in [3.8, 4) is 0 Å². The average Bonchev–Trinajstić information content (AvgIpc) is 3.07. The van der Waals surface area contributed by atoms with Gasteiger partial charge >= 0.3 is 0 Å². The Balaban J connectivity index is 1.68. The van der Waals surface area contributed by atoms with E-state index in [4.69, 9.17) is 0 Å². The van der Waals surface area contributed by atoms with Crippen molar-refractivity contribution in [3.63, 3.8) is 0 Å². The lowest BCUT2D eigenvalue weighted by Gasteiger charge is -2.35. The molecule has 6 atom stereocenters. The van der Waals surface area contributed by atoms with Crippen LogP contribution in [-0.2, 0) is 9.59 Å². The predicted octanol–water partition coefficient (Wildman–Crippen LogP) is 2.30. The van der Waals surface area contributed by atoms with Gasteiger partial charge in [0.2, 0.25) is 0 Å². The van der Waals surface area contributed by atoms with Crippen LogP contribution in [0.4, 0.5) is 0 Å². The summed E-state index contributed by atoms with van der Waals surface area (Å²) in [5, 5.41) is 0. The minimum Gasteiger partial charge on any atom is -0.294 e. The van der Waals surface area contributed by atoms with Gasteiger partial charge in [0, 0.05) is 11.8 Å². The molecule has 4 bridgehead atoms. The van der Waals surface area contributed by atoms with E-state index in [1.54, 1.807) is 11.1 Å². The molecule has 5 rings (SSSR count). The third kappa shape index (κ3) is 0.877. The highest BCUT2D eigenvalue weighted by molar-refractivity contribution is 6.08. The number of ketones is 2. The first-order valence-corrected chi connectivity index (χ1v) is 7.25. The van der Waals surface area contributed by atoms with Crippen LogP contribution < -0.4 is 0 Å². The molecule has 2 saturated carbocycles. The maximum absolute atomic E-state index is 12.1. The second kappa shape index (κ2) is 2.87. The molecule has 0 aromatic heterocycles. The number of fused-ring (bicyclic) bond motifs is 11. The van der Waals surface area contributed by atoms with Crippen molar-refractivity contribution in [2.45, 2.75) is 25.7 Å². The van der Waals surface area contributed by atoms with Gasteiger partial charge in [-0.1, -0.05) is 11.1 Å². The van der Waals surface area contributed by atoms with Gasteiger partial charge in [0.05, 0.1) is 0 Å². The van der Waals surface area contributed by atoms with Gasteiger partial charge in [-0.3, -0.25) is 9.59 Å². The maximum Gasteiger partial charge on any atom is 0.160 e. The summed E-state index contributed by atoms with van der Waals surface area (Å²) in [5.74, 6) is 2.90. The van der Waals surface area contributed by atoms with Crippen LogP contribution in [0.5, 0.6) is 0 Å². The van der Waals surface area contributed by atoms with Gasteiger partial charge in [0.15, 0.2) is 11.6 Å². The van der Waals surface area contributed by atoms with E-state index in [9.17, 15) is 9.59 Å². The van der Waals surface area contributed by atoms with Crippen molar-refractivity contribution in [3.05, 3.63) is 23.3 Å². The summed E-state index contributed by atoms with van der Waals surface area (Å²) < 4.78 is 0. The number of carbonyl (C=O) groups excluding carboxylic acids is 2. The molecule has 5 aliphatic carbocycles. The van der Waals surface area contributed by atoms with Gasteiger partial charge in [0.1, 0.15) is 0 Å². The Morgan fingerprint density at radius 3 is 1.78 bits per heavy atom. The minimum atomic E-state index is 0.0191. The topological polar surface area (TPSA) is 34.1 Å². The van der Waals surface area contributed by atoms with Crippen molar-refractivity contribution in [1.29, 1.82) is 0 Å². The first-order valence-electron chi connectivity index (χ1n) is 7.25. The second-order valence-electron chi connectivity index (χ2n) is 6.76. The minimum absolute atomic E-state index is 0.0191. The third-order valence-corrected chi connectivity index (χ3v) is 6.28.